The van der Waals surface area contributed by atoms with E-state index in [2.05, 4.69) is 13.8 Å². The molecular weight excluding hydrogens is 517 g/mol. The van der Waals surface area contributed by atoms with Crippen molar-refractivity contribution in [2.24, 2.45) is 0 Å². The molecule has 0 aliphatic carbocycles. The SMILES string of the molecule is FC(F)(F)[c-]1cccc1.FC(F)(F)[c-]1cccc1.[CH2-]c1ccccc1.[CH2-]c1ccccc1.[Zr+4]. The Bertz CT molecular complexity index is 858. The molecule has 4 rings (SSSR count). The molecule has 0 nitrogen and oxygen atoms in total. The summed E-state index contributed by atoms with van der Waals surface area (Å²) in [7, 11) is 0. The number of benzene rings is 2. The first-order chi connectivity index (χ1) is 15.0. The third kappa shape index (κ3) is 14.2. The molecule has 0 spiro atoms. The van der Waals surface area contributed by atoms with Crippen molar-refractivity contribution in [1.29, 1.82) is 0 Å². The second-order valence-electron chi connectivity index (χ2n) is 6.31. The molecule has 0 aliphatic rings. The second-order valence-corrected chi connectivity index (χ2v) is 6.31. The Labute approximate surface area is 209 Å². The zero-order valence-electron chi connectivity index (χ0n) is 17.6. The molecule has 0 fully saturated rings. The molecule has 0 aromatic heterocycles. The molecule has 4 aromatic carbocycles. The van der Waals surface area contributed by atoms with Crippen LogP contribution in [0.3, 0.4) is 0 Å². The van der Waals surface area contributed by atoms with Crippen molar-refractivity contribution < 1.29 is 52.5 Å². The number of rotatable bonds is 0. The van der Waals surface area contributed by atoms with Gasteiger partial charge in [-0.15, -0.1) is 24.3 Å². The normalized spacial score (nSPS) is 10.1. The van der Waals surface area contributed by atoms with Crippen molar-refractivity contribution in [3.05, 3.63) is 145 Å². The van der Waals surface area contributed by atoms with Crippen LogP contribution in [0.25, 0.3) is 0 Å². The van der Waals surface area contributed by atoms with Gasteiger partial charge in [-0.25, -0.2) is 24.3 Å². The standard InChI is InChI=1S/2C7H7.2C6H4F3.Zr/c2*1-7-5-3-2-4-6-7;2*7-6(8,9)5-3-1-2-4-5;/h2*2-6H,1H2;2*1-4H;/q4*-1;+4. The van der Waals surface area contributed by atoms with Crippen LogP contribution in [0.5, 0.6) is 0 Å². The molecule has 0 bridgehead atoms. The fourth-order valence-corrected chi connectivity index (χ4v) is 2.08. The van der Waals surface area contributed by atoms with E-state index < -0.39 is 23.5 Å². The molecule has 0 saturated heterocycles. The van der Waals surface area contributed by atoms with Gasteiger partial charge in [0.15, 0.2) is 0 Å². The van der Waals surface area contributed by atoms with E-state index in [4.69, 9.17) is 0 Å². The number of halogens is 6. The molecule has 0 aliphatic heterocycles. The Balaban J connectivity index is 0.000000412. The summed E-state index contributed by atoms with van der Waals surface area (Å²) in [5, 5.41) is 0. The van der Waals surface area contributed by atoms with E-state index in [-0.39, 0.29) is 26.2 Å². The van der Waals surface area contributed by atoms with Crippen LogP contribution in [0.2, 0.25) is 0 Å². The Morgan fingerprint density at radius 3 is 0.818 bits per heavy atom. The summed E-state index contributed by atoms with van der Waals surface area (Å²) in [4.78, 5) is 0. The van der Waals surface area contributed by atoms with Crippen LogP contribution >= 0.6 is 0 Å². The van der Waals surface area contributed by atoms with Crippen molar-refractivity contribution in [1.82, 2.24) is 0 Å². The Morgan fingerprint density at radius 1 is 0.455 bits per heavy atom. The van der Waals surface area contributed by atoms with E-state index in [1.54, 1.807) is 0 Å². The maximum atomic E-state index is 11.6. The second kappa shape index (κ2) is 15.2. The molecule has 7 heteroatoms. The maximum Gasteiger partial charge on any atom is 4.00 e. The minimum atomic E-state index is -4.18. The Hall–Kier alpha value is -2.66. The largest absolute Gasteiger partial charge is 4.00 e. The molecule has 0 N–H and O–H groups in total. The zero-order chi connectivity index (χ0) is 24.0. The van der Waals surface area contributed by atoms with Crippen LogP contribution in [0, 0.1) is 13.8 Å². The van der Waals surface area contributed by atoms with Gasteiger partial charge in [0.25, 0.3) is 0 Å². The van der Waals surface area contributed by atoms with Gasteiger partial charge in [-0.05, 0) is 0 Å². The Morgan fingerprint density at radius 2 is 0.697 bits per heavy atom. The average Bonchev–Trinajstić information content (AvgIpc) is 3.44. The van der Waals surface area contributed by atoms with Crippen LogP contribution in [0.15, 0.2) is 109 Å². The third-order valence-corrected chi connectivity index (χ3v) is 3.67. The number of hydrogen-bond acceptors (Lipinski definition) is 0. The zero-order valence-corrected chi connectivity index (χ0v) is 20.0. The van der Waals surface area contributed by atoms with Crippen molar-refractivity contribution in [3.63, 3.8) is 0 Å². The first-order valence-corrected chi connectivity index (χ1v) is 9.32. The molecule has 33 heavy (non-hydrogen) atoms. The molecule has 0 radical (unpaired) electrons. The Kier molecular flexibility index (Phi) is 14.0. The summed E-state index contributed by atoms with van der Waals surface area (Å²) in [6, 6.07) is 29.4. The molecule has 172 valence electrons. The molecule has 0 atom stereocenters. The van der Waals surface area contributed by atoms with Crippen molar-refractivity contribution in [2.45, 2.75) is 12.4 Å². The minimum Gasteiger partial charge on any atom is -0.213 e. The third-order valence-electron chi connectivity index (χ3n) is 3.67. The molecule has 0 saturated carbocycles. The van der Waals surface area contributed by atoms with E-state index in [1.165, 1.54) is 24.3 Å². The van der Waals surface area contributed by atoms with E-state index in [9.17, 15) is 26.3 Å². The molecule has 0 unspecified atom stereocenters. The summed E-state index contributed by atoms with van der Waals surface area (Å²) < 4.78 is 69.7. The topological polar surface area (TPSA) is 0 Å². The van der Waals surface area contributed by atoms with E-state index >= 15 is 0 Å². The van der Waals surface area contributed by atoms with Crippen molar-refractivity contribution in [3.8, 4) is 0 Å². The van der Waals surface area contributed by atoms with Gasteiger partial charge < -0.3 is 0 Å². The molecule has 0 heterocycles. The molecule has 4 aromatic rings. The fraction of sp³-hybridized carbons (Fsp3) is 0.0769. The van der Waals surface area contributed by atoms with E-state index in [0.29, 0.717) is 0 Å². The first kappa shape index (κ1) is 30.3. The van der Waals surface area contributed by atoms with Gasteiger partial charge in [0.1, 0.15) is 0 Å². The van der Waals surface area contributed by atoms with Crippen LogP contribution in [0.4, 0.5) is 26.3 Å². The van der Waals surface area contributed by atoms with Gasteiger partial charge in [0.2, 0.25) is 0 Å². The van der Waals surface area contributed by atoms with Gasteiger partial charge in [-0.3, -0.25) is 0 Å². The van der Waals surface area contributed by atoms with Gasteiger partial charge in [0, 0.05) is 0 Å². The number of alkyl halides is 6. The van der Waals surface area contributed by atoms with Crippen molar-refractivity contribution >= 4 is 0 Å². The smallest absolute Gasteiger partial charge is 0.213 e. The predicted octanol–water partition coefficient (Wildman–Crippen LogP) is 8.58. The van der Waals surface area contributed by atoms with Crippen LogP contribution in [-0.2, 0) is 38.6 Å². The molecule has 0 amide bonds. The van der Waals surface area contributed by atoms with Crippen LogP contribution < -0.4 is 0 Å². The van der Waals surface area contributed by atoms with Crippen LogP contribution in [0.1, 0.15) is 22.3 Å². The number of hydrogen-bond donors (Lipinski definition) is 0. The quantitative estimate of drug-likeness (QED) is 0.155. The minimum absolute atomic E-state index is 0. The average molecular weight is 540 g/mol. The van der Waals surface area contributed by atoms with Crippen molar-refractivity contribution in [2.75, 3.05) is 0 Å². The van der Waals surface area contributed by atoms with Gasteiger partial charge in [-0.2, -0.15) is 99.8 Å². The summed E-state index contributed by atoms with van der Waals surface area (Å²) >= 11 is 0. The summed E-state index contributed by atoms with van der Waals surface area (Å²) in [5.41, 5.74) is 0.981. The monoisotopic (exact) mass is 538 g/mol. The van der Waals surface area contributed by atoms with E-state index in [0.717, 1.165) is 35.4 Å². The van der Waals surface area contributed by atoms with Gasteiger partial charge >= 0.3 is 38.6 Å². The summed E-state index contributed by atoms with van der Waals surface area (Å²) in [6.45, 7) is 7.44. The maximum absolute atomic E-state index is 11.6. The summed E-state index contributed by atoms with van der Waals surface area (Å²) in [6.07, 6.45) is -8.35. The summed E-state index contributed by atoms with van der Waals surface area (Å²) in [5.74, 6) is 0. The molecular formula is C26H22F6Zr. The van der Waals surface area contributed by atoms with Gasteiger partial charge in [-0.1, -0.05) is 23.3 Å². The predicted molar refractivity (Wildman–Crippen MR) is 116 cm³/mol. The van der Waals surface area contributed by atoms with Crippen LogP contribution in [-0.4, -0.2) is 0 Å². The first-order valence-electron chi connectivity index (χ1n) is 9.32. The van der Waals surface area contributed by atoms with E-state index in [1.807, 2.05) is 60.7 Å². The van der Waals surface area contributed by atoms with Gasteiger partial charge in [0.05, 0.1) is 0 Å². The fourth-order valence-electron chi connectivity index (χ4n) is 2.08.